The van der Waals surface area contributed by atoms with Crippen molar-refractivity contribution in [3.63, 3.8) is 0 Å². The molecule has 0 saturated carbocycles. The maximum atomic E-state index is 11.1. The predicted octanol–water partition coefficient (Wildman–Crippen LogP) is 1.81. The second kappa shape index (κ2) is 8.25. The minimum atomic E-state index is -0.943. The highest BCUT2D eigenvalue weighted by Gasteiger charge is 2.26. The van der Waals surface area contributed by atoms with E-state index in [1.165, 1.54) is 5.57 Å². The largest absolute Gasteiger partial charge is 0.481 e. The Balaban J connectivity index is 4.29. The lowest BCUT2D eigenvalue weighted by Crippen LogP contribution is -2.28. The van der Waals surface area contributed by atoms with Crippen molar-refractivity contribution in [3.8, 4) is 0 Å². The summed E-state index contributed by atoms with van der Waals surface area (Å²) >= 11 is 0. The molecule has 0 aromatic rings. The van der Waals surface area contributed by atoms with E-state index >= 15 is 0 Å². The molecule has 0 aliphatic carbocycles. The molecule has 4 heteroatoms. The predicted molar refractivity (Wildman–Crippen MR) is 66.7 cm³/mol. The Labute approximate surface area is 103 Å². The topological polar surface area (TPSA) is 77.8 Å². The van der Waals surface area contributed by atoms with Gasteiger partial charge < -0.3 is 15.3 Å². The van der Waals surface area contributed by atoms with Crippen LogP contribution in [0.5, 0.6) is 0 Å². The van der Waals surface area contributed by atoms with Crippen molar-refractivity contribution in [2.45, 2.75) is 46.1 Å². The lowest BCUT2D eigenvalue weighted by atomic mass is 9.85. The number of hydrogen-bond donors (Lipinski definition) is 3. The summed E-state index contributed by atoms with van der Waals surface area (Å²) in [4.78, 5) is 11.1. The number of carbonyl (C=O) groups is 1. The first kappa shape index (κ1) is 16.1. The van der Waals surface area contributed by atoms with Gasteiger partial charge in [0.05, 0.1) is 18.6 Å². The Morgan fingerprint density at radius 2 is 1.94 bits per heavy atom. The van der Waals surface area contributed by atoms with Crippen LogP contribution in [0.2, 0.25) is 0 Å². The maximum Gasteiger partial charge on any atom is 0.306 e. The van der Waals surface area contributed by atoms with E-state index in [4.69, 9.17) is 10.2 Å². The normalized spacial score (nSPS) is 16.1. The summed E-state index contributed by atoms with van der Waals surface area (Å²) in [6.07, 6.45) is 2.88. The zero-order valence-electron chi connectivity index (χ0n) is 10.9. The van der Waals surface area contributed by atoms with Crippen molar-refractivity contribution in [3.05, 3.63) is 11.6 Å². The van der Waals surface area contributed by atoms with Crippen LogP contribution in [0.4, 0.5) is 0 Å². The summed E-state index contributed by atoms with van der Waals surface area (Å²) in [6, 6.07) is 0. The van der Waals surface area contributed by atoms with Gasteiger partial charge in [-0.05, 0) is 39.0 Å². The number of carboxylic acid groups (broad SMARTS) is 1. The zero-order valence-corrected chi connectivity index (χ0v) is 10.9. The summed E-state index contributed by atoms with van der Waals surface area (Å²) in [5, 5.41) is 27.1. The number of hydrogen-bond acceptors (Lipinski definition) is 3. The minimum Gasteiger partial charge on any atom is -0.481 e. The van der Waals surface area contributed by atoms with Gasteiger partial charge in [-0.2, -0.15) is 0 Å². The van der Waals surface area contributed by atoms with E-state index in [1.807, 2.05) is 20.8 Å². The van der Waals surface area contributed by atoms with Crippen molar-refractivity contribution in [1.82, 2.24) is 0 Å². The fourth-order valence-electron chi connectivity index (χ4n) is 1.78. The highest BCUT2D eigenvalue weighted by atomic mass is 16.4. The third-order valence-electron chi connectivity index (χ3n) is 2.92. The molecule has 0 aliphatic heterocycles. The van der Waals surface area contributed by atoms with Crippen LogP contribution in [0.3, 0.4) is 0 Å². The number of aliphatic carboxylic acids is 1. The van der Waals surface area contributed by atoms with Crippen LogP contribution in [-0.4, -0.2) is 34.0 Å². The van der Waals surface area contributed by atoms with E-state index in [1.54, 1.807) is 0 Å². The maximum absolute atomic E-state index is 11.1. The van der Waals surface area contributed by atoms with Crippen LogP contribution in [-0.2, 0) is 4.79 Å². The fraction of sp³-hybridized carbons (Fsp3) is 0.769. The van der Waals surface area contributed by atoms with Crippen molar-refractivity contribution in [2.75, 3.05) is 6.61 Å². The first-order valence-electron chi connectivity index (χ1n) is 6.03. The molecule has 0 saturated heterocycles. The number of rotatable bonds is 8. The van der Waals surface area contributed by atoms with E-state index in [9.17, 15) is 9.90 Å². The Hall–Kier alpha value is -0.870. The number of aliphatic hydroxyl groups is 2. The van der Waals surface area contributed by atoms with Gasteiger partial charge in [-0.25, -0.2) is 0 Å². The molecule has 0 aromatic heterocycles. The molecule has 0 rings (SSSR count). The fourth-order valence-corrected chi connectivity index (χ4v) is 1.78. The van der Waals surface area contributed by atoms with Crippen LogP contribution < -0.4 is 0 Å². The first-order chi connectivity index (χ1) is 7.88. The van der Waals surface area contributed by atoms with E-state index in [0.717, 1.165) is 12.8 Å². The smallest absolute Gasteiger partial charge is 0.306 e. The Morgan fingerprint density at radius 1 is 1.35 bits per heavy atom. The average Bonchev–Trinajstić information content (AvgIpc) is 2.24. The molecule has 100 valence electrons. The van der Waals surface area contributed by atoms with Crippen LogP contribution in [0.1, 0.15) is 40.0 Å². The number of carboxylic acids is 1. The van der Waals surface area contributed by atoms with Crippen LogP contribution in [0, 0.1) is 11.8 Å². The molecule has 0 aromatic carbocycles. The van der Waals surface area contributed by atoms with Crippen molar-refractivity contribution in [2.24, 2.45) is 11.8 Å². The molecule has 0 bridgehead atoms. The van der Waals surface area contributed by atoms with Crippen LogP contribution in [0.15, 0.2) is 11.6 Å². The molecular weight excluding hydrogens is 220 g/mol. The summed E-state index contributed by atoms with van der Waals surface area (Å²) in [5.41, 5.74) is 1.22. The molecule has 4 nitrogen and oxygen atoms in total. The molecule has 3 N–H and O–H groups in total. The third-order valence-corrected chi connectivity index (χ3v) is 2.92. The minimum absolute atomic E-state index is 0.00991. The highest BCUT2D eigenvalue weighted by Crippen LogP contribution is 2.23. The molecule has 17 heavy (non-hydrogen) atoms. The average molecular weight is 244 g/mol. The molecule has 0 aliphatic rings. The molecule has 0 radical (unpaired) electrons. The first-order valence-corrected chi connectivity index (χ1v) is 6.03. The molecule has 3 atom stereocenters. The van der Waals surface area contributed by atoms with Gasteiger partial charge in [-0.1, -0.05) is 18.6 Å². The van der Waals surface area contributed by atoms with E-state index in [0.29, 0.717) is 0 Å². The Morgan fingerprint density at radius 3 is 2.35 bits per heavy atom. The van der Waals surface area contributed by atoms with Crippen molar-refractivity contribution < 1.29 is 20.1 Å². The quantitative estimate of drug-likeness (QED) is 0.569. The lowest BCUT2D eigenvalue weighted by Gasteiger charge is -2.21. The van der Waals surface area contributed by atoms with Gasteiger partial charge in [0.25, 0.3) is 0 Å². The summed E-state index contributed by atoms with van der Waals surface area (Å²) < 4.78 is 0. The highest BCUT2D eigenvalue weighted by molar-refractivity contribution is 5.70. The molecule has 0 amide bonds. The van der Waals surface area contributed by atoms with Crippen LogP contribution in [0.25, 0.3) is 0 Å². The van der Waals surface area contributed by atoms with Gasteiger partial charge in [0.1, 0.15) is 0 Å². The second-order valence-electron chi connectivity index (χ2n) is 4.85. The Bertz CT molecular complexity index is 256. The second-order valence-corrected chi connectivity index (χ2v) is 4.85. The van der Waals surface area contributed by atoms with Gasteiger partial charge >= 0.3 is 5.97 Å². The van der Waals surface area contributed by atoms with E-state index in [2.05, 4.69) is 6.08 Å². The summed E-state index contributed by atoms with van der Waals surface area (Å²) in [6.45, 7) is 5.51. The number of aliphatic hydroxyl groups excluding tert-OH is 2. The van der Waals surface area contributed by atoms with Crippen LogP contribution >= 0.6 is 0 Å². The van der Waals surface area contributed by atoms with Gasteiger partial charge in [0.2, 0.25) is 0 Å². The SMILES string of the molecule is CC(C)=CCCC(C)C(CC(O)CO)C(=O)O. The van der Waals surface area contributed by atoms with Gasteiger partial charge in [-0.15, -0.1) is 0 Å². The number of allylic oxidation sites excluding steroid dienone is 2. The van der Waals surface area contributed by atoms with Crippen molar-refractivity contribution in [1.29, 1.82) is 0 Å². The molecule has 0 spiro atoms. The monoisotopic (exact) mass is 244 g/mol. The van der Waals surface area contributed by atoms with Gasteiger partial charge in [-0.3, -0.25) is 4.79 Å². The molecular formula is C13H24O4. The summed E-state index contributed by atoms with van der Waals surface area (Å²) in [5.74, 6) is -1.51. The molecule has 0 fully saturated rings. The van der Waals surface area contributed by atoms with Gasteiger partial charge in [0.15, 0.2) is 0 Å². The lowest BCUT2D eigenvalue weighted by molar-refractivity contribution is -0.145. The Kier molecular flexibility index (Phi) is 7.83. The third kappa shape index (κ3) is 7.13. The van der Waals surface area contributed by atoms with Gasteiger partial charge in [0, 0.05) is 0 Å². The standard InChI is InChI=1S/C13H24O4/c1-9(2)5-4-6-10(3)12(13(16)17)7-11(15)8-14/h5,10-12,14-15H,4,6-8H2,1-3H3,(H,16,17). The molecule has 3 unspecified atom stereocenters. The summed E-state index contributed by atoms with van der Waals surface area (Å²) in [7, 11) is 0. The molecule has 0 heterocycles. The van der Waals surface area contributed by atoms with E-state index < -0.39 is 18.0 Å². The zero-order chi connectivity index (χ0) is 13.4. The van der Waals surface area contributed by atoms with Crippen molar-refractivity contribution >= 4 is 5.97 Å². The van der Waals surface area contributed by atoms with E-state index in [-0.39, 0.29) is 18.9 Å².